The molecule has 120 valence electrons. The van der Waals surface area contributed by atoms with E-state index in [2.05, 4.69) is 26.9 Å². The molecule has 1 aromatic rings. The third-order valence-electron chi connectivity index (χ3n) is 3.96. The predicted octanol–water partition coefficient (Wildman–Crippen LogP) is 1.56. The first-order valence-corrected chi connectivity index (χ1v) is 9.33. The van der Waals surface area contributed by atoms with Gasteiger partial charge in [0.05, 0.1) is 6.20 Å². The first kappa shape index (κ1) is 16.5. The molecule has 1 heterocycles. The zero-order valence-corrected chi connectivity index (χ0v) is 13.7. The minimum atomic E-state index is -3.47. The summed E-state index contributed by atoms with van der Waals surface area (Å²) >= 11 is 0. The third-order valence-corrected chi connectivity index (χ3v) is 5.39. The Morgan fingerprint density at radius 3 is 2.48 bits per heavy atom. The minimum Gasteiger partial charge on any atom is -0.332 e. The summed E-state index contributed by atoms with van der Waals surface area (Å²) in [5.41, 5.74) is 0. The van der Waals surface area contributed by atoms with Crippen molar-refractivity contribution in [2.24, 2.45) is 0 Å². The molecule has 1 fully saturated rings. The number of H-pyrrole nitrogens is 1. The molecule has 7 heteroatoms. The number of rotatable bonds is 7. The Bertz CT molecular complexity index is 533. The maximum Gasteiger partial charge on any atom is 0.257 e. The van der Waals surface area contributed by atoms with Gasteiger partial charge < -0.3 is 10.3 Å². The van der Waals surface area contributed by atoms with E-state index in [1.807, 2.05) is 6.92 Å². The van der Waals surface area contributed by atoms with Crippen LogP contribution >= 0.6 is 0 Å². The van der Waals surface area contributed by atoms with Crippen LogP contribution in [0.1, 0.15) is 51.8 Å². The summed E-state index contributed by atoms with van der Waals surface area (Å²) in [6.07, 6.45) is 7.04. The monoisotopic (exact) mass is 314 g/mol. The largest absolute Gasteiger partial charge is 0.332 e. The summed E-state index contributed by atoms with van der Waals surface area (Å²) in [5, 5.41) is 3.68. The van der Waals surface area contributed by atoms with Crippen molar-refractivity contribution >= 4 is 10.0 Å². The van der Waals surface area contributed by atoms with E-state index in [1.165, 1.54) is 6.20 Å². The Hall–Kier alpha value is -0.920. The first-order chi connectivity index (χ1) is 10.0. The number of sulfonamides is 1. The number of hydrogen-bond donors (Lipinski definition) is 3. The highest BCUT2D eigenvalue weighted by Crippen LogP contribution is 2.20. The zero-order chi connectivity index (χ0) is 15.3. The van der Waals surface area contributed by atoms with Gasteiger partial charge in [-0.1, -0.05) is 13.8 Å². The smallest absolute Gasteiger partial charge is 0.257 e. The summed E-state index contributed by atoms with van der Waals surface area (Å²) in [4.78, 5) is 6.91. The van der Waals surface area contributed by atoms with Crippen molar-refractivity contribution in [1.29, 1.82) is 0 Å². The van der Waals surface area contributed by atoms with Crippen molar-refractivity contribution in [2.45, 2.75) is 69.5 Å². The molecule has 6 nitrogen and oxygen atoms in total. The Balaban J connectivity index is 1.87. The van der Waals surface area contributed by atoms with Gasteiger partial charge in [0.2, 0.25) is 0 Å². The van der Waals surface area contributed by atoms with Crippen LogP contribution in [0.25, 0.3) is 0 Å². The van der Waals surface area contributed by atoms with E-state index < -0.39 is 10.0 Å². The van der Waals surface area contributed by atoms with Crippen molar-refractivity contribution in [3.8, 4) is 0 Å². The lowest BCUT2D eigenvalue weighted by molar-refractivity contribution is 0.330. The van der Waals surface area contributed by atoms with Crippen LogP contribution in [0.4, 0.5) is 0 Å². The highest BCUT2D eigenvalue weighted by molar-refractivity contribution is 7.89. The fraction of sp³-hybridized carbons (Fsp3) is 0.786. The van der Waals surface area contributed by atoms with Crippen LogP contribution in [0.3, 0.4) is 0 Å². The molecule has 0 bridgehead atoms. The Labute approximate surface area is 127 Å². The van der Waals surface area contributed by atoms with Gasteiger partial charge in [-0.3, -0.25) is 0 Å². The van der Waals surface area contributed by atoms with Crippen LogP contribution < -0.4 is 10.0 Å². The van der Waals surface area contributed by atoms with Gasteiger partial charge in [-0.05, 0) is 38.6 Å². The van der Waals surface area contributed by atoms with Gasteiger partial charge in [0.15, 0.2) is 5.03 Å². The Morgan fingerprint density at radius 2 is 1.90 bits per heavy atom. The molecule has 21 heavy (non-hydrogen) atoms. The van der Waals surface area contributed by atoms with Crippen LogP contribution in [0.5, 0.6) is 0 Å². The average molecular weight is 314 g/mol. The van der Waals surface area contributed by atoms with E-state index in [0.717, 1.165) is 38.6 Å². The number of nitrogens with one attached hydrogen (secondary N) is 3. The molecule has 0 aliphatic heterocycles. The van der Waals surface area contributed by atoms with Crippen molar-refractivity contribution in [3.63, 3.8) is 0 Å². The number of aromatic amines is 1. The first-order valence-electron chi connectivity index (χ1n) is 7.84. The lowest BCUT2D eigenvalue weighted by Crippen LogP contribution is -2.42. The second-order valence-electron chi connectivity index (χ2n) is 5.67. The van der Waals surface area contributed by atoms with Gasteiger partial charge in [0.25, 0.3) is 10.0 Å². The van der Waals surface area contributed by atoms with E-state index >= 15 is 0 Å². The molecular formula is C14H26N4O2S. The van der Waals surface area contributed by atoms with Gasteiger partial charge in [-0.15, -0.1) is 0 Å². The molecular weight excluding hydrogens is 288 g/mol. The van der Waals surface area contributed by atoms with Crippen LogP contribution in [-0.2, 0) is 16.4 Å². The lowest BCUT2D eigenvalue weighted by atomic mass is 9.92. The van der Waals surface area contributed by atoms with Crippen LogP contribution in [0.15, 0.2) is 11.2 Å². The normalized spacial score (nSPS) is 23.3. The second-order valence-corrected chi connectivity index (χ2v) is 7.35. The number of aromatic nitrogens is 2. The molecule has 2 rings (SSSR count). The fourth-order valence-electron chi connectivity index (χ4n) is 2.71. The van der Waals surface area contributed by atoms with E-state index in [4.69, 9.17) is 0 Å². The predicted molar refractivity (Wildman–Crippen MR) is 82.6 cm³/mol. The van der Waals surface area contributed by atoms with Crippen molar-refractivity contribution in [2.75, 3.05) is 6.54 Å². The molecule has 1 saturated carbocycles. The topological polar surface area (TPSA) is 86.9 Å². The zero-order valence-electron chi connectivity index (χ0n) is 12.9. The van der Waals surface area contributed by atoms with E-state index in [0.29, 0.717) is 18.3 Å². The number of aryl methyl sites for hydroxylation is 1. The minimum absolute atomic E-state index is 0.0306. The van der Waals surface area contributed by atoms with E-state index in [-0.39, 0.29) is 11.1 Å². The van der Waals surface area contributed by atoms with Crippen molar-refractivity contribution in [3.05, 3.63) is 12.0 Å². The van der Waals surface area contributed by atoms with Crippen molar-refractivity contribution in [1.82, 2.24) is 20.0 Å². The van der Waals surface area contributed by atoms with Gasteiger partial charge >= 0.3 is 0 Å². The fourth-order valence-corrected chi connectivity index (χ4v) is 3.95. The Kier molecular flexibility index (Phi) is 5.78. The highest BCUT2D eigenvalue weighted by Gasteiger charge is 2.26. The van der Waals surface area contributed by atoms with Gasteiger partial charge in [0, 0.05) is 18.5 Å². The number of imidazole rings is 1. The summed E-state index contributed by atoms with van der Waals surface area (Å²) < 4.78 is 27.4. The van der Waals surface area contributed by atoms with E-state index in [9.17, 15) is 8.42 Å². The summed E-state index contributed by atoms with van der Waals surface area (Å²) in [6.45, 7) is 5.13. The average Bonchev–Trinajstić information content (AvgIpc) is 2.96. The quantitative estimate of drug-likeness (QED) is 0.713. The highest BCUT2D eigenvalue weighted by atomic mass is 32.2. The van der Waals surface area contributed by atoms with Gasteiger partial charge in [-0.25, -0.2) is 18.1 Å². The molecule has 0 unspecified atom stereocenters. The molecule has 0 atom stereocenters. The molecule has 0 spiro atoms. The molecule has 0 radical (unpaired) electrons. The summed E-state index contributed by atoms with van der Waals surface area (Å²) in [6, 6.07) is 0.563. The molecule has 0 saturated heterocycles. The van der Waals surface area contributed by atoms with Crippen LogP contribution in [0, 0.1) is 0 Å². The Morgan fingerprint density at radius 1 is 1.24 bits per heavy atom. The molecule has 3 N–H and O–H groups in total. The summed E-state index contributed by atoms with van der Waals surface area (Å²) in [7, 11) is -3.47. The molecule has 0 amide bonds. The lowest BCUT2D eigenvalue weighted by Gasteiger charge is -2.29. The maximum absolute atomic E-state index is 12.3. The van der Waals surface area contributed by atoms with E-state index in [1.54, 1.807) is 0 Å². The van der Waals surface area contributed by atoms with Gasteiger partial charge in [0.1, 0.15) is 5.82 Å². The summed E-state index contributed by atoms with van der Waals surface area (Å²) in [5.74, 6) is 0.697. The maximum atomic E-state index is 12.3. The van der Waals surface area contributed by atoms with Crippen LogP contribution in [-0.4, -0.2) is 37.0 Å². The standard InChI is InChI=1S/C14H26N4O2S/c1-3-9-15-11-5-7-12(8-6-11)18-21(19,20)14-10-16-13(4-2)17-14/h10-12,15,18H,3-9H2,1-2H3,(H,16,17). The number of hydrogen-bond acceptors (Lipinski definition) is 4. The van der Waals surface area contributed by atoms with Gasteiger partial charge in [-0.2, -0.15) is 0 Å². The van der Waals surface area contributed by atoms with Crippen LogP contribution in [0.2, 0.25) is 0 Å². The third kappa shape index (κ3) is 4.52. The van der Waals surface area contributed by atoms with Crippen molar-refractivity contribution < 1.29 is 8.42 Å². The molecule has 1 aliphatic rings. The number of nitrogens with zero attached hydrogens (tertiary/aromatic N) is 1. The second kappa shape index (κ2) is 7.38. The molecule has 0 aromatic carbocycles. The SMILES string of the molecule is CCCNC1CCC(NS(=O)(=O)c2cnc(CC)[nH]2)CC1. The molecule has 1 aromatic heterocycles. The molecule has 1 aliphatic carbocycles.